The minimum Gasteiger partial charge on any atom is -0.440 e. The Morgan fingerprint density at radius 3 is 2.67 bits per heavy atom. The van der Waals surface area contributed by atoms with Gasteiger partial charge in [0.2, 0.25) is 0 Å². The summed E-state index contributed by atoms with van der Waals surface area (Å²) in [6, 6.07) is 11.9. The molecule has 0 spiro atoms. The first-order valence-corrected chi connectivity index (χ1v) is 12.8. The van der Waals surface area contributed by atoms with Crippen molar-refractivity contribution in [3.05, 3.63) is 63.7 Å². The number of rotatable bonds is 5. The lowest BCUT2D eigenvalue weighted by atomic mass is 9.95. The number of hydrogen-bond acceptors (Lipinski definition) is 5. The highest BCUT2D eigenvalue weighted by molar-refractivity contribution is 7.16. The normalized spacial score (nSPS) is 16.8. The number of piperidine rings is 1. The van der Waals surface area contributed by atoms with E-state index >= 15 is 0 Å². The Balaban J connectivity index is 1.38. The van der Waals surface area contributed by atoms with Gasteiger partial charge in [-0.2, -0.15) is 0 Å². The summed E-state index contributed by atoms with van der Waals surface area (Å²) in [6.45, 7) is 6.42. The lowest BCUT2D eigenvalue weighted by molar-refractivity contribution is 0.102. The predicted octanol–water partition coefficient (Wildman–Crippen LogP) is 6.77. The van der Waals surface area contributed by atoms with Gasteiger partial charge in [-0.25, -0.2) is 4.99 Å². The third-order valence-electron chi connectivity index (χ3n) is 6.71. The van der Waals surface area contributed by atoms with Crippen LogP contribution in [-0.2, 0) is 12.8 Å². The molecule has 0 saturated carbocycles. The molecule has 0 bridgehead atoms. The molecule has 1 saturated heterocycles. The molecule has 1 fully saturated rings. The summed E-state index contributed by atoms with van der Waals surface area (Å²) >= 11 is 1.65. The second-order valence-corrected chi connectivity index (χ2v) is 10.4. The van der Waals surface area contributed by atoms with Crippen LogP contribution in [0.2, 0.25) is 0 Å². The monoisotopic (exact) mass is 461 g/mol. The fourth-order valence-electron chi connectivity index (χ4n) is 4.64. The van der Waals surface area contributed by atoms with Crippen molar-refractivity contribution >= 4 is 40.0 Å². The fourth-order valence-corrected chi connectivity index (χ4v) is 5.87. The number of amides is 1. The zero-order chi connectivity index (χ0) is 22.8. The molecule has 1 N–H and O–H groups in total. The lowest BCUT2D eigenvalue weighted by Crippen LogP contribution is -2.32. The maximum absolute atomic E-state index is 13.3. The third kappa shape index (κ3) is 4.91. The average molecular weight is 462 g/mol. The molecule has 5 nitrogen and oxygen atoms in total. The number of nitrogens with zero attached hydrogens (tertiary/aromatic N) is 2. The van der Waals surface area contributed by atoms with E-state index in [1.165, 1.54) is 35.3 Å². The van der Waals surface area contributed by atoms with E-state index < -0.39 is 0 Å². The summed E-state index contributed by atoms with van der Waals surface area (Å²) in [5.41, 5.74) is 3.87. The fraction of sp³-hybridized carbons (Fsp3) is 0.407. The highest BCUT2D eigenvalue weighted by Crippen LogP contribution is 2.40. The van der Waals surface area contributed by atoms with Gasteiger partial charge in [0.05, 0.1) is 11.8 Å². The Kier molecular flexibility index (Phi) is 6.36. The highest BCUT2D eigenvalue weighted by atomic mass is 32.1. The molecular formula is C27H31N3O2S. The minimum atomic E-state index is -0.0760. The van der Waals surface area contributed by atoms with Crippen LogP contribution in [0.25, 0.3) is 0 Å². The van der Waals surface area contributed by atoms with Crippen LogP contribution < -0.4 is 10.2 Å². The van der Waals surface area contributed by atoms with Crippen LogP contribution in [0, 0.1) is 12.8 Å². The largest absolute Gasteiger partial charge is 0.440 e. The molecular weight excluding hydrogens is 430 g/mol. The van der Waals surface area contributed by atoms with Crippen LogP contribution in [0.3, 0.4) is 0 Å². The first-order valence-electron chi connectivity index (χ1n) is 12.0. The summed E-state index contributed by atoms with van der Waals surface area (Å²) in [4.78, 5) is 21.6. The molecule has 1 aliphatic carbocycles. The number of furan rings is 1. The van der Waals surface area contributed by atoms with E-state index in [0.29, 0.717) is 0 Å². The number of aliphatic imine (C=N–C) groups is 1. The maximum atomic E-state index is 13.3. The van der Waals surface area contributed by atoms with Gasteiger partial charge < -0.3 is 14.6 Å². The van der Waals surface area contributed by atoms with Gasteiger partial charge in [-0.15, -0.1) is 11.3 Å². The number of benzene rings is 1. The molecule has 1 aromatic carbocycles. The quantitative estimate of drug-likeness (QED) is 0.427. The molecule has 0 radical (unpaired) electrons. The second kappa shape index (κ2) is 9.56. The molecule has 3 aromatic rings. The van der Waals surface area contributed by atoms with E-state index in [-0.39, 0.29) is 5.91 Å². The van der Waals surface area contributed by atoms with Crippen molar-refractivity contribution in [1.29, 1.82) is 0 Å². The van der Waals surface area contributed by atoms with Crippen LogP contribution in [0.1, 0.15) is 64.7 Å². The number of fused-ring (bicyclic) bond motifs is 1. The van der Waals surface area contributed by atoms with Crippen molar-refractivity contribution < 1.29 is 9.21 Å². The Morgan fingerprint density at radius 1 is 1.12 bits per heavy atom. The number of thiophene rings is 1. The molecule has 2 aliphatic rings. The molecule has 3 heterocycles. The lowest BCUT2D eigenvalue weighted by Gasteiger charge is -2.29. The van der Waals surface area contributed by atoms with Gasteiger partial charge in [0.25, 0.3) is 5.91 Å². The smallest absolute Gasteiger partial charge is 0.259 e. The van der Waals surface area contributed by atoms with Gasteiger partial charge >= 0.3 is 0 Å². The summed E-state index contributed by atoms with van der Waals surface area (Å²) in [5.74, 6) is 2.34. The summed E-state index contributed by atoms with van der Waals surface area (Å²) < 4.78 is 6.07. The zero-order valence-electron chi connectivity index (χ0n) is 19.4. The molecule has 1 aliphatic heterocycles. The first-order chi connectivity index (χ1) is 16.1. The number of nitrogens with one attached hydrogen (secondary N) is 1. The van der Waals surface area contributed by atoms with E-state index in [2.05, 4.69) is 17.1 Å². The molecule has 172 valence electrons. The summed E-state index contributed by atoms with van der Waals surface area (Å²) in [5, 5.41) is 3.85. The van der Waals surface area contributed by atoms with Gasteiger partial charge in [0.15, 0.2) is 5.88 Å². The Labute approximate surface area is 199 Å². The molecule has 6 heteroatoms. The molecule has 33 heavy (non-hydrogen) atoms. The summed E-state index contributed by atoms with van der Waals surface area (Å²) in [6.07, 6.45) is 8.42. The van der Waals surface area contributed by atoms with Crippen LogP contribution in [0.15, 0.2) is 45.8 Å². The van der Waals surface area contributed by atoms with Gasteiger partial charge in [-0.05, 0) is 75.1 Å². The Hall–Kier alpha value is -2.86. The van der Waals surface area contributed by atoms with E-state index in [4.69, 9.17) is 9.41 Å². The van der Waals surface area contributed by atoms with E-state index in [1.807, 2.05) is 43.3 Å². The van der Waals surface area contributed by atoms with E-state index in [9.17, 15) is 4.79 Å². The third-order valence-corrected chi connectivity index (χ3v) is 7.91. The van der Waals surface area contributed by atoms with E-state index in [0.717, 1.165) is 66.2 Å². The number of aryl methyl sites for hydroxylation is 2. The topological polar surface area (TPSA) is 57.8 Å². The number of hydrogen-bond donors (Lipinski definition) is 1. The van der Waals surface area contributed by atoms with Gasteiger partial charge in [-0.3, -0.25) is 4.79 Å². The standard InChI is InChI=1S/C27H31N3O2S/c1-18-7-9-20(10-8-18)29-26(31)25-22-5-3-4-6-23(22)33-27(25)28-17-21-11-12-24(32-21)30-15-13-19(2)14-16-30/h7-12,17,19H,3-6,13-16H2,1-2H3,(H,29,31). The number of carbonyl (C=O) groups is 1. The Bertz CT molecular complexity index is 1150. The van der Waals surface area contributed by atoms with Crippen molar-refractivity contribution in [2.45, 2.75) is 52.4 Å². The number of anilines is 2. The van der Waals surface area contributed by atoms with Crippen LogP contribution in [0.5, 0.6) is 0 Å². The number of carbonyl (C=O) groups excluding carboxylic acids is 1. The molecule has 1 amide bonds. The zero-order valence-corrected chi connectivity index (χ0v) is 20.2. The minimum absolute atomic E-state index is 0.0760. The van der Waals surface area contributed by atoms with Crippen molar-refractivity contribution in [2.24, 2.45) is 10.9 Å². The first kappa shape index (κ1) is 22.0. The maximum Gasteiger partial charge on any atom is 0.259 e. The summed E-state index contributed by atoms with van der Waals surface area (Å²) in [7, 11) is 0. The second-order valence-electron chi connectivity index (χ2n) is 9.31. The highest BCUT2D eigenvalue weighted by Gasteiger charge is 2.25. The van der Waals surface area contributed by atoms with Crippen molar-refractivity contribution in [2.75, 3.05) is 23.3 Å². The molecule has 0 unspecified atom stereocenters. The van der Waals surface area contributed by atoms with Gasteiger partial charge in [0, 0.05) is 29.7 Å². The van der Waals surface area contributed by atoms with Crippen molar-refractivity contribution in [3.63, 3.8) is 0 Å². The van der Waals surface area contributed by atoms with Crippen molar-refractivity contribution in [3.8, 4) is 0 Å². The van der Waals surface area contributed by atoms with E-state index in [1.54, 1.807) is 17.6 Å². The average Bonchev–Trinajstić information content (AvgIpc) is 3.44. The van der Waals surface area contributed by atoms with Gasteiger partial charge in [0.1, 0.15) is 10.8 Å². The van der Waals surface area contributed by atoms with Crippen LogP contribution >= 0.6 is 11.3 Å². The van der Waals surface area contributed by atoms with Crippen molar-refractivity contribution in [1.82, 2.24) is 0 Å². The van der Waals surface area contributed by atoms with Crippen LogP contribution in [0.4, 0.5) is 16.6 Å². The molecule has 5 rings (SSSR count). The Morgan fingerprint density at radius 2 is 1.88 bits per heavy atom. The van der Waals surface area contributed by atoms with Crippen LogP contribution in [-0.4, -0.2) is 25.2 Å². The predicted molar refractivity (Wildman–Crippen MR) is 137 cm³/mol. The molecule has 0 atom stereocenters. The molecule has 2 aromatic heterocycles. The van der Waals surface area contributed by atoms with Gasteiger partial charge in [-0.1, -0.05) is 24.6 Å². The SMILES string of the molecule is Cc1ccc(NC(=O)c2c(N=Cc3ccc(N4CCC(C)CC4)o3)sc3c2CCCC3)cc1.